The maximum atomic E-state index is 2.28. The summed E-state index contributed by atoms with van der Waals surface area (Å²) in [6, 6.07) is 0. The smallest absolute Gasteiger partial charge is 1.00 e. The van der Waals surface area contributed by atoms with Crippen LogP contribution in [0.5, 0.6) is 0 Å². The van der Waals surface area contributed by atoms with E-state index in [4.69, 9.17) is 0 Å². The summed E-state index contributed by atoms with van der Waals surface area (Å²) < 4.78 is 1.12. The van der Waals surface area contributed by atoms with Crippen molar-refractivity contribution in [2.24, 2.45) is 0 Å². The average Bonchev–Trinajstić information content (AvgIpc) is 2.08. The Morgan fingerprint density at radius 3 is 1.50 bits per heavy atom. The molecular weight excluding hydrogens is 229 g/mol. The molecule has 0 aromatic heterocycles. The molecule has 0 bridgehead atoms. The summed E-state index contributed by atoms with van der Waals surface area (Å²) in [5.41, 5.74) is 0. The van der Waals surface area contributed by atoms with Crippen molar-refractivity contribution in [3.05, 3.63) is 0 Å². The first-order valence-electron chi connectivity index (χ1n) is 6.36. The third-order valence-corrected chi connectivity index (χ3v) is 2.68. The minimum atomic E-state index is 0. The molecule has 96 valence electrons. The average molecular weight is 260 g/mol. The van der Waals surface area contributed by atoms with Gasteiger partial charge in [-0.15, -0.1) is 0 Å². The fourth-order valence-corrected chi connectivity index (χ4v) is 1.72. The van der Waals surface area contributed by atoms with Crippen molar-refractivity contribution in [1.82, 2.24) is 0 Å². The van der Waals surface area contributed by atoms with E-state index in [0.717, 1.165) is 4.48 Å². The molecule has 0 radical (unpaired) electrons. The zero-order valence-corrected chi connectivity index (χ0v) is 14.9. The van der Waals surface area contributed by atoms with Crippen molar-refractivity contribution < 1.29 is 47.9 Å². The summed E-state index contributed by atoms with van der Waals surface area (Å²) in [4.78, 5) is 0. The predicted octanol–water partition coefficient (Wildman–Crippen LogP) is -2.05. The van der Waals surface area contributed by atoms with Crippen LogP contribution in [0, 0.1) is 0 Å². The molecule has 3 heteroatoms. The first kappa shape index (κ1) is 22.4. The summed E-state index contributed by atoms with van der Waals surface area (Å²) in [6.45, 7) is 3.61. The molecule has 0 aliphatic carbocycles. The topological polar surface area (TPSA) is 0 Å². The zero-order valence-electron chi connectivity index (χ0n) is 13.2. The second-order valence-corrected chi connectivity index (χ2v) is 5.49. The number of quaternary nitrogens is 1. The van der Waals surface area contributed by atoms with Gasteiger partial charge in [0, 0.05) is 0 Å². The van der Waals surface area contributed by atoms with E-state index >= 15 is 0 Å². The number of hydrogen-bond acceptors (Lipinski definition) is 0. The van der Waals surface area contributed by atoms with Crippen LogP contribution in [0.4, 0.5) is 0 Å². The van der Waals surface area contributed by atoms with Gasteiger partial charge in [-0.05, 0) is 12.8 Å². The molecule has 0 spiro atoms. The molecule has 0 saturated carbocycles. The predicted molar refractivity (Wildman–Crippen MR) is 66.6 cm³/mol. The molecular formula is C13H31ClNNa. The number of halogens is 1. The Kier molecular flexibility index (Phi) is 20.1. The Morgan fingerprint density at radius 1 is 0.750 bits per heavy atom. The molecule has 0 amide bonds. The molecule has 0 saturated heterocycles. The Morgan fingerprint density at radius 2 is 1.12 bits per heavy atom. The second-order valence-electron chi connectivity index (χ2n) is 5.49. The number of nitrogens with zero attached hydrogens (tertiary/aromatic N) is 1. The largest absolute Gasteiger partial charge is 1.00 e. The minimum Gasteiger partial charge on any atom is -1.00 e. The SMILES string of the molecule is CCCCCCCCCC[N+](C)(C)C.[Cl-].[H-].[Na+]. The second kappa shape index (κ2) is 14.3. The van der Waals surface area contributed by atoms with E-state index in [1.165, 1.54) is 57.9 Å². The van der Waals surface area contributed by atoms with E-state index in [-0.39, 0.29) is 43.4 Å². The van der Waals surface area contributed by atoms with E-state index in [9.17, 15) is 0 Å². The summed E-state index contributed by atoms with van der Waals surface area (Å²) >= 11 is 0. The van der Waals surface area contributed by atoms with Gasteiger partial charge in [0.05, 0.1) is 27.7 Å². The normalized spacial score (nSPS) is 10.5. The van der Waals surface area contributed by atoms with Crippen LogP contribution in [0.15, 0.2) is 0 Å². The van der Waals surface area contributed by atoms with Gasteiger partial charge in [0.25, 0.3) is 0 Å². The van der Waals surface area contributed by atoms with Crippen LogP contribution in [0.3, 0.4) is 0 Å². The molecule has 0 aromatic rings. The third kappa shape index (κ3) is 20.6. The van der Waals surface area contributed by atoms with E-state index in [1.807, 2.05) is 0 Å². The molecule has 0 atom stereocenters. The van der Waals surface area contributed by atoms with Crippen LogP contribution in [0.25, 0.3) is 0 Å². The van der Waals surface area contributed by atoms with E-state index in [2.05, 4.69) is 28.1 Å². The van der Waals surface area contributed by atoms with Gasteiger partial charge in [0.2, 0.25) is 0 Å². The maximum absolute atomic E-state index is 2.28. The summed E-state index contributed by atoms with van der Waals surface area (Å²) in [5.74, 6) is 0. The molecule has 16 heavy (non-hydrogen) atoms. The quantitative estimate of drug-likeness (QED) is 0.254. The van der Waals surface area contributed by atoms with Crippen LogP contribution < -0.4 is 42.0 Å². The van der Waals surface area contributed by atoms with Crippen LogP contribution >= 0.6 is 0 Å². The van der Waals surface area contributed by atoms with Gasteiger partial charge in [0.15, 0.2) is 0 Å². The molecule has 0 unspecified atom stereocenters. The van der Waals surface area contributed by atoms with Crippen molar-refractivity contribution in [2.45, 2.75) is 58.3 Å². The number of rotatable bonds is 9. The Bertz CT molecular complexity index is 129. The molecule has 0 heterocycles. The standard InChI is InChI=1S/C13H30N.ClH.Na.H/c1-5-6-7-8-9-10-11-12-13-14(2,3)4;;;/h5-13H2,1-4H3;1H;;/q+1;;+1;-1/p-1. The Hall–Kier alpha value is 1.25. The minimum absolute atomic E-state index is 0. The fourth-order valence-electron chi connectivity index (χ4n) is 1.72. The zero-order chi connectivity index (χ0) is 10.9. The van der Waals surface area contributed by atoms with E-state index in [0.29, 0.717) is 0 Å². The molecule has 1 nitrogen and oxygen atoms in total. The van der Waals surface area contributed by atoms with Crippen LogP contribution in [-0.2, 0) is 0 Å². The van der Waals surface area contributed by atoms with Gasteiger partial charge in [-0.2, -0.15) is 0 Å². The van der Waals surface area contributed by atoms with Crippen molar-refractivity contribution in [3.8, 4) is 0 Å². The summed E-state index contributed by atoms with van der Waals surface area (Å²) in [5, 5.41) is 0. The molecule has 0 aliphatic heterocycles. The van der Waals surface area contributed by atoms with Crippen molar-refractivity contribution in [3.63, 3.8) is 0 Å². The molecule has 0 fully saturated rings. The van der Waals surface area contributed by atoms with Crippen LogP contribution in [0.2, 0.25) is 0 Å². The first-order chi connectivity index (χ1) is 6.56. The molecule has 0 N–H and O–H groups in total. The van der Waals surface area contributed by atoms with Gasteiger partial charge in [-0.3, -0.25) is 0 Å². The monoisotopic (exact) mass is 259 g/mol. The van der Waals surface area contributed by atoms with Crippen LogP contribution in [0.1, 0.15) is 59.7 Å². The van der Waals surface area contributed by atoms with Crippen molar-refractivity contribution in [1.29, 1.82) is 0 Å². The molecule has 0 aliphatic rings. The van der Waals surface area contributed by atoms with Crippen molar-refractivity contribution in [2.75, 3.05) is 27.7 Å². The molecule has 0 rings (SSSR count). The van der Waals surface area contributed by atoms with Crippen LogP contribution in [-0.4, -0.2) is 32.2 Å². The third-order valence-electron chi connectivity index (χ3n) is 2.68. The van der Waals surface area contributed by atoms with Gasteiger partial charge >= 0.3 is 29.6 Å². The molecule has 0 aromatic carbocycles. The van der Waals surface area contributed by atoms with E-state index < -0.39 is 0 Å². The fraction of sp³-hybridized carbons (Fsp3) is 1.00. The Balaban J connectivity index is -0.000000282. The number of hydrogen-bond donors (Lipinski definition) is 0. The van der Waals surface area contributed by atoms with Crippen molar-refractivity contribution >= 4 is 0 Å². The maximum Gasteiger partial charge on any atom is 1.00 e. The van der Waals surface area contributed by atoms with Gasteiger partial charge in [-0.1, -0.05) is 45.4 Å². The van der Waals surface area contributed by atoms with Gasteiger partial charge in [-0.25, -0.2) is 0 Å². The van der Waals surface area contributed by atoms with E-state index in [1.54, 1.807) is 0 Å². The summed E-state index contributed by atoms with van der Waals surface area (Å²) in [7, 11) is 6.84. The van der Waals surface area contributed by atoms with Gasteiger partial charge in [0.1, 0.15) is 0 Å². The Labute approximate surface area is 133 Å². The number of unbranched alkanes of at least 4 members (excludes halogenated alkanes) is 7. The summed E-state index contributed by atoms with van der Waals surface area (Å²) in [6.07, 6.45) is 11.4. The van der Waals surface area contributed by atoms with Gasteiger partial charge < -0.3 is 18.3 Å². The first-order valence-corrected chi connectivity index (χ1v) is 6.36.